The molecule has 55 heavy (non-hydrogen) atoms. The summed E-state index contributed by atoms with van der Waals surface area (Å²) in [6, 6.07) is 75.2. The molecule has 11 aromatic rings. The van der Waals surface area contributed by atoms with Crippen LogP contribution in [-0.4, -0.2) is 4.57 Å². The Morgan fingerprint density at radius 3 is 1.87 bits per heavy atom. The van der Waals surface area contributed by atoms with Crippen LogP contribution in [0.25, 0.3) is 80.7 Å². The lowest BCUT2D eigenvalue weighted by atomic mass is 9.93. The summed E-state index contributed by atoms with van der Waals surface area (Å²) in [5.74, 6) is 0. The molecule has 0 unspecified atom stereocenters. The zero-order valence-corrected chi connectivity index (χ0v) is 30.7. The quantitative estimate of drug-likeness (QED) is 0.166. The molecule has 2 heterocycles. The molecule has 2 aromatic heterocycles. The molecule has 0 aliphatic rings. The normalized spacial score (nSPS) is 11.6. The van der Waals surface area contributed by atoms with Gasteiger partial charge in [-0.15, -0.1) is 11.3 Å². The maximum atomic E-state index is 2.43. The van der Waals surface area contributed by atoms with E-state index in [9.17, 15) is 0 Å². The van der Waals surface area contributed by atoms with E-state index >= 15 is 0 Å². The third-order valence-corrected chi connectivity index (χ3v) is 12.1. The smallest absolute Gasteiger partial charge is 0.0541 e. The van der Waals surface area contributed by atoms with E-state index in [1.54, 1.807) is 0 Å². The van der Waals surface area contributed by atoms with Crippen molar-refractivity contribution in [3.05, 3.63) is 206 Å². The number of hydrogen-bond donors (Lipinski definition) is 0. The number of para-hydroxylation sites is 2. The summed E-state index contributed by atoms with van der Waals surface area (Å²) >= 11 is 1.86. The van der Waals surface area contributed by atoms with Crippen LogP contribution in [0.1, 0.15) is 0 Å². The Morgan fingerprint density at radius 1 is 0.345 bits per heavy atom. The number of hydrogen-bond acceptors (Lipinski definition) is 2. The van der Waals surface area contributed by atoms with Crippen LogP contribution >= 0.6 is 11.3 Å². The fourth-order valence-corrected chi connectivity index (χ4v) is 9.50. The summed E-state index contributed by atoms with van der Waals surface area (Å²) in [4.78, 5) is 2.36. The second kappa shape index (κ2) is 12.9. The highest BCUT2D eigenvalue weighted by Crippen LogP contribution is 2.42. The fourth-order valence-electron chi connectivity index (χ4n) is 8.41. The summed E-state index contributed by atoms with van der Waals surface area (Å²) in [7, 11) is 0. The highest BCUT2D eigenvalue weighted by Gasteiger charge is 2.18. The van der Waals surface area contributed by atoms with Gasteiger partial charge in [-0.25, -0.2) is 0 Å². The van der Waals surface area contributed by atoms with E-state index in [1.165, 1.54) is 80.7 Å². The molecule has 0 amide bonds. The lowest BCUT2D eigenvalue weighted by Gasteiger charge is -2.26. The van der Waals surface area contributed by atoms with E-state index in [1.807, 2.05) is 11.3 Å². The van der Waals surface area contributed by atoms with Crippen LogP contribution < -0.4 is 4.90 Å². The summed E-state index contributed by atoms with van der Waals surface area (Å²) in [5.41, 5.74) is 11.7. The molecule has 258 valence electrons. The number of anilines is 3. The molecule has 0 bridgehead atoms. The van der Waals surface area contributed by atoms with Gasteiger partial charge in [-0.3, -0.25) is 0 Å². The maximum Gasteiger partial charge on any atom is 0.0541 e. The van der Waals surface area contributed by atoms with Crippen molar-refractivity contribution in [1.29, 1.82) is 0 Å². The van der Waals surface area contributed by atoms with Crippen molar-refractivity contribution in [2.45, 2.75) is 0 Å². The third-order valence-electron chi connectivity index (χ3n) is 11.0. The second-order valence-corrected chi connectivity index (χ2v) is 15.2. The minimum absolute atomic E-state index is 1.11. The summed E-state index contributed by atoms with van der Waals surface area (Å²) < 4.78 is 5.07. The molecule has 0 fully saturated rings. The first-order valence-corrected chi connectivity index (χ1v) is 19.6. The van der Waals surface area contributed by atoms with Gasteiger partial charge in [0.15, 0.2) is 0 Å². The Bertz CT molecular complexity index is 3220. The molecule has 0 radical (unpaired) electrons. The van der Waals surface area contributed by atoms with Crippen molar-refractivity contribution in [1.82, 2.24) is 4.57 Å². The summed E-state index contributed by atoms with van der Waals surface area (Å²) in [6.45, 7) is 0. The van der Waals surface area contributed by atoms with E-state index in [-0.39, 0.29) is 0 Å². The lowest BCUT2D eigenvalue weighted by Crippen LogP contribution is -2.09. The molecule has 0 saturated carbocycles. The molecule has 11 rings (SSSR count). The summed E-state index contributed by atoms with van der Waals surface area (Å²) in [6.07, 6.45) is 0. The van der Waals surface area contributed by atoms with Gasteiger partial charge in [0, 0.05) is 53.7 Å². The predicted octanol–water partition coefficient (Wildman–Crippen LogP) is 15.1. The van der Waals surface area contributed by atoms with Crippen molar-refractivity contribution in [3.63, 3.8) is 0 Å². The molecule has 0 aliphatic carbocycles. The van der Waals surface area contributed by atoms with Crippen molar-refractivity contribution < 1.29 is 0 Å². The van der Waals surface area contributed by atoms with Crippen molar-refractivity contribution in [2.75, 3.05) is 4.90 Å². The molecule has 0 spiro atoms. The van der Waals surface area contributed by atoms with Gasteiger partial charge in [0.2, 0.25) is 0 Å². The number of benzene rings is 9. The monoisotopic (exact) mass is 718 g/mol. The molecule has 0 atom stereocenters. The average molecular weight is 719 g/mol. The minimum atomic E-state index is 1.11. The van der Waals surface area contributed by atoms with E-state index in [0.717, 1.165) is 17.1 Å². The Hall–Kier alpha value is -6.94. The van der Waals surface area contributed by atoms with Gasteiger partial charge in [0.05, 0.1) is 11.0 Å². The van der Waals surface area contributed by atoms with Crippen LogP contribution in [-0.2, 0) is 0 Å². The van der Waals surface area contributed by atoms with Gasteiger partial charge < -0.3 is 9.47 Å². The SMILES string of the molecule is c1ccc(N(c2cccc(-c3ccccc3-c3ccc4c(c3)c3ccccc3n4-c3ccc4sc5ccccc5c4c3)c2)c2ccc3ccccc3c2)cc1. The number of rotatable bonds is 6. The van der Waals surface area contributed by atoms with Crippen molar-refractivity contribution in [2.24, 2.45) is 0 Å². The maximum absolute atomic E-state index is 2.43. The molecular formula is C52H34N2S. The van der Waals surface area contributed by atoms with Gasteiger partial charge in [-0.1, -0.05) is 127 Å². The molecule has 3 heteroatoms. The van der Waals surface area contributed by atoms with Gasteiger partial charge in [-0.2, -0.15) is 0 Å². The molecule has 9 aromatic carbocycles. The predicted molar refractivity (Wildman–Crippen MR) is 237 cm³/mol. The largest absolute Gasteiger partial charge is 0.310 e. The third kappa shape index (κ3) is 5.32. The van der Waals surface area contributed by atoms with E-state index in [0.29, 0.717) is 0 Å². The first-order chi connectivity index (χ1) is 27.3. The van der Waals surface area contributed by atoms with Crippen LogP contribution in [0, 0.1) is 0 Å². The molecular weight excluding hydrogens is 685 g/mol. The van der Waals surface area contributed by atoms with Crippen LogP contribution in [0.2, 0.25) is 0 Å². The van der Waals surface area contributed by atoms with Crippen molar-refractivity contribution in [3.8, 4) is 27.9 Å². The lowest BCUT2D eigenvalue weighted by molar-refractivity contribution is 1.19. The topological polar surface area (TPSA) is 8.17 Å². The Balaban J connectivity index is 1.04. The second-order valence-electron chi connectivity index (χ2n) is 14.2. The highest BCUT2D eigenvalue weighted by atomic mass is 32.1. The summed E-state index contributed by atoms with van der Waals surface area (Å²) in [5, 5.41) is 7.58. The number of nitrogens with zero attached hydrogens (tertiary/aromatic N) is 2. The van der Waals surface area contributed by atoms with Gasteiger partial charge in [-0.05, 0) is 112 Å². The van der Waals surface area contributed by atoms with Gasteiger partial charge in [0.25, 0.3) is 0 Å². The average Bonchev–Trinajstić information content (AvgIpc) is 3.79. The van der Waals surface area contributed by atoms with Gasteiger partial charge >= 0.3 is 0 Å². The zero-order chi connectivity index (χ0) is 36.3. The number of fused-ring (bicyclic) bond motifs is 7. The van der Waals surface area contributed by atoms with Crippen LogP contribution in [0.5, 0.6) is 0 Å². The van der Waals surface area contributed by atoms with Gasteiger partial charge in [0.1, 0.15) is 0 Å². The molecule has 0 N–H and O–H groups in total. The highest BCUT2D eigenvalue weighted by molar-refractivity contribution is 7.25. The van der Waals surface area contributed by atoms with E-state index in [2.05, 4.69) is 216 Å². The Morgan fingerprint density at radius 2 is 1.00 bits per heavy atom. The Labute approximate surface area is 323 Å². The molecule has 0 saturated heterocycles. The van der Waals surface area contributed by atoms with E-state index < -0.39 is 0 Å². The Kier molecular flexibility index (Phi) is 7.39. The van der Waals surface area contributed by atoms with E-state index in [4.69, 9.17) is 0 Å². The number of thiophene rings is 1. The molecule has 0 aliphatic heterocycles. The minimum Gasteiger partial charge on any atom is -0.310 e. The first-order valence-electron chi connectivity index (χ1n) is 18.8. The number of aromatic nitrogens is 1. The van der Waals surface area contributed by atoms with Crippen LogP contribution in [0.15, 0.2) is 206 Å². The molecule has 2 nitrogen and oxygen atoms in total. The van der Waals surface area contributed by atoms with Crippen LogP contribution in [0.4, 0.5) is 17.1 Å². The fraction of sp³-hybridized carbons (Fsp3) is 0. The standard InChI is InChI=1S/C52H34N2S/c1-2-16-39(17-3-1)53(41-27-25-35-13-4-5-14-36(35)31-41)40-18-12-15-37(32-40)43-19-6-7-20-44(43)38-26-29-50-47(33-38)45-21-8-10-23-49(45)54(50)42-28-30-52-48(34-42)46-22-9-11-24-51(46)55-52/h1-34H. The van der Waals surface area contributed by atoms with Crippen molar-refractivity contribution >= 4 is 81.1 Å². The van der Waals surface area contributed by atoms with Crippen LogP contribution in [0.3, 0.4) is 0 Å². The zero-order valence-electron chi connectivity index (χ0n) is 29.9. The first kappa shape index (κ1) is 31.6.